The number of hydrogen-bond donors (Lipinski definition) is 1. The molecule has 1 amide bonds. The van der Waals surface area contributed by atoms with Gasteiger partial charge in [0.1, 0.15) is 17.6 Å². The summed E-state index contributed by atoms with van der Waals surface area (Å²) >= 11 is 0. The number of carbonyl (C=O) groups excluding carboxylic acids is 3. The van der Waals surface area contributed by atoms with Crippen molar-refractivity contribution in [1.29, 1.82) is 0 Å². The van der Waals surface area contributed by atoms with E-state index in [1.165, 1.54) is 5.01 Å². The summed E-state index contributed by atoms with van der Waals surface area (Å²) in [5.41, 5.74) is 5.63. The Kier molecular flexibility index (Phi) is 5.42. The third kappa shape index (κ3) is 3.99. The van der Waals surface area contributed by atoms with Crippen molar-refractivity contribution in [3.05, 3.63) is 102 Å². The number of nitrogens with zero attached hydrogens (tertiary/aromatic N) is 4. The van der Waals surface area contributed by atoms with E-state index in [9.17, 15) is 14.4 Å². The lowest BCUT2D eigenvalue weighted by atomic mass is 9.94. The molecule has 1 N–H and O–H groups in total. The van der Waals surface area contributed by atoms with E-state index in [2.05, 4.69) is 20.4 Å². The number of pyridine rings is 2. The molecule has 1 atom stereocenters. The fourth-order valence-corrected chi connectivity index (χ4v) is 3.93. The maximum Gasteiger partial charge on any atom is 0.272 e. The first kappa shape index (κ1) is 20.6. The van der Waals surface area contributed by atoms with Gasteiger partial charge in [-0.05, 0) is 42.0 Å². The predicted octanol–water partition coefficient (Wildman–Crippen LogP) is 2.95. The molecule has 0 spiro atoms. The number of nitrogens with one attached hydrogen (secondary N) is 1. The maximum absolute atomic E-state index is 13.3. The molecule has 162 valence electrons. The highest BCUT2D eigenvalue weighted by molar-refractivity contribution is 6.24. The van der Waals surface area contributed by atoms with Crippen LogP contribution in [0.1, 0.15) is 33.8 Å². The van der Waals surface area contributed by atoms with Gasteiger partial charge in [-0.25, -0.2) is 5.01 Å². The summed E-state index contributed by atoms with van der Waals surface area (Å²) < 4.78 is 0. The molecular weight excluding hydrogens is 418 g/mol. The lowest BCUT2D eigenvalue weighted by Gasteiger charge is -2.17. The average Bonchev–Trinajstić information content (AvgIpc) is 3.36. The van der Waals surface area contributed by atoms with E-state index in [1.807, 2.05) is 18.2 Å². The first-order valence-electron chi connectivity index (χ1n) is 10.5. The topological polar surface area (TPSA) is 105 Å². The van der Waals surface area contributed by atoms with Crippen LogP contribution in [0.25, 0.3) is 0 Å². The quantitative estimate of drug-likeness (QED) is 0.570. The molecule has 1 fully saturated rings. The third-order valence-electron chi connectivity index (χ3n) is 5.50. The van der Waals surface area contributed by atoms with Crippen molar-refractivity contribution in [3.8, 4) is 0 Å². The Morgan fingerprint density at radius 3 is 2.03 bits per heavy atom. The number of hydrogen-bond acceptors (Lipinski definition) is 7. The van der Waals surface area contributed by atoms with E-state index in [-0.39, 0.29) is 30.3 Å². The Morgan fingerprint density at radius 2 is 1.42 bits per heavy atom. The van der Waals surface area contributed by atoms with Crippen molar-refractivity contribution < 1.29 is 14.4 Å². The first-order valence-corrected chi connectivity index (χ1v) is 10.5. The third-order valence-corrected chi connectivity index (χ3v) is 5.50. The molecule has 0 radical (unpaired) electrons. The molecule has 0 aliphatic carbocycles. The summed E-state index contributed by atoms with van der Waals surface area (Å²) in [5, 5.41) is 1.42. The number of para-hydroxylation sites is 1. The van der Waals surface area contributed by atoms with Crippen LogP contribution in [-0.4, -0.2) is 39.3 Å². The fraction of sp³-hybridized carbons (Fsp3) is 0.120. The zero-order valence-corrected chi connectivity index (χ0v) is 17.5. The summed E-state index contributed by atoms with van der Waals surface area (Å²) in [7, 11) is 0. The molecule has 5 rings (SSSR count). The van der Waals surface area contributed by atoms with E-state index in [4.69, 9.17) is 0 Å². The van der Waals surface area contributed by atoms with Gasteiger partial charge in [-0.15, -0.1) is 0 Å². The van der Waals surface area contributed by atoms with E-state index < -0.39 is 6.17 Å². The number of ketones is 2. The van der Waals surface area contributed by atoms with Crippen LogP contribution in [0.5, 0.6) is 0 Å². The van der Waals surface area contributed by atoms with Gasteiger partial charge in [-0.3, -0.25) is 29.3 Å². The minimum atomic E-state index is -0.657. The molecule has 2 aliphatic rings. The van der Waals surface area contributed by atoms with Crippen molar-refractivity contribution in [2.75, 3.05) is 5.01 Å². The lowest BCUT2D eigenvalue weighted by Crippen LogP contribution is -2.37. The second-order valence-electron chi connectivity index (χ2n) is 7.61. The Bertz CT molecular complexity index is 1290. The smallest absolute Gasteiger partial charge is 0.272 e. The van der Waals surface area contributed by atoms with Gasteiger partial charge in [0.15, 0.2) is 11.6 Å². The van der Waals surface area contributed by atoms with Crippen LogP contribution in [0, 0.1) is 0 Å². The minimum Gasteiger partial charge on any atom is -0.292 e. The number of benzene rings is 1. The molecule has 0 saturated carbocycles. The van der Waals surface area contributed by atoms with Gasteiger partial charge in [0.25, 0.3) is 5.91 Å². The molecule has 33 heavy (non-hydrogen) atoms. The van der Waals surface area contributed by atoms with Gasteiger partial charge in [-0.2, -0.15) is 5.43 Å². The largest absolute Gasteiger partial charge is 0.292 e. The van der Waals surface area contributed by atoms with Crippen molar-refractivity contribution in [2.45, 2.75) is 19.0 Å². The SMILES string of the molecule is O=C(CC1=N[C@@H]2NN(c3ccccc3)C(=O)C2=C1CC(=O)c1ccccn1)c1ccccn1. The molecule has 2 aliphatic heterocycles. The zero-order valence-electron chi connectivity index (χ0n) is 17.5. The molecule has 8 heteroatoms. The highest BCUT2D eigenvalue weighted by atomic mass is 16.2. The molecular formula is C25H19N5O3. The molecule has 1 aromatic carbocycles. The van der Waals surface area contributed by atoms with Crippen molar-refractivity contribution >= 4 is 28.9 Å². The normalized spacial score (nSPS) is 17.2. The monoisotopic (exact) mass is 437 g/mol. The van der Waals surface area contributed by atoms with E-state index in [0.29, 0.717) is 33.9 Å². The van der Waals surface area contributed by atoms with Crippen LogP contribution in [0.2, 0.25) is 0 Å². The molecule has 4 heterocycles. The minimum absolute atomic E-state index is 0.0534. The van der Waals surface area contributed by atoms with Gasteiger partial charge < -0.3 is 0 Å². The summed E-state index contributed by atoms with van der Waals surface area (Å²) in [4.78, 5) is 51.9. The number of amides is 1. The Balaban J connectivity index is 1.48. The first-order chi connectivity index (χ1) is 16.1. The predicted molar refractivity (Wildman–Crippen MR) is 122 cm³/mol. The van der Waals surface area contributed by atoms with E-state index in [0.717, 1.165) is 0 Å². The summed E-state index contributed by atoms with van der Waals surface area (Å²) in [6.45, 7) is 0. The van der Waals surface area contributed by atoms with Gasteiger partial charge in [0, 0.05) is 24.5 Å². The van der Waals surface area contributed by atoms with Gasteiger partial charge in [0.05, 0.1) is 17.7 Å². The number of aromatic nitrogens is 2. The summed E-state index contributed by atoms with van der Waals surface area (Å²) in [6.07, 6.45) is 2.30. The number of rotatable bonds is 7. The number of Topliss-reactive ketones (excluding diaryl/α,β-unsaturated/α-hetero) is 2. The molecule has 3 aromatic rings. The number of aliphatic imine (C=N–C) groups is 1. The fourth-order valence-electron chi connectivity index (χ4n) is 3.93. The maximum atomic E-state index is 13.3. The number of fused-ring (bicyclic) bond motifs is 1. The van der Waals surface area contributed by atoms with Crippen LogP contribution in [0.3, 0.4) is 0 Å². The number of hydrazine groups is 1. The number of carbonyl (C=O) groups is 3. The Hall–Kier alpha value is -4.30. The second-order valence-corrected chi connectivity index (χ2v) is 7.61. The molecule has 0 bridgehead atoms. The Morgan fingerprint density at radius 1 is 0.818 bits per heavy atom. The van der Waals surface area contributed by atoms with Gasteiger partial charge >= 0.3 is 0 Å². The van der Waals surface area contributed by atoms with Crippen molar-refractivity contribution in [3.63, 3.8) is 0 Å². The van der Waals surface area contributed by atoms with E-state index >= 15 is 0 Å². The molecule has 2 aromatic heterocycles. The number of anilines is 1. The van der Waals surface area contributed by atoms with Crippen LogP contribution in [-0.2, 0) is 4.79 Å². The highest BCUT2D eigenvalue weighted by Gasteiger charge is 2.43. The standard InChI is InChI=1S/C25H19N5O3/c31-21(18-10-4-6-12-26-18)14-17-20(15-22(32)19-11-5-7-13-27-19)28-24-23(17)25(33)30(29-24)16-8-2-1-3-9-16/h1-13,24,29H,14-15H2/t24-/m1/s1. The number of allylic oxidation sites excluding steroid dienone is 1. The zero-order chi connectivity index (χ0) is 22.8. The highest BCUT2D eigenvalue weighted by Crippen LogP contribution is 2.33. The van der Waals surface area contributed by atoms with Crippen LogP contribution in [0.4, 0.5) is 5.69 Å². The molecule has 8 nitrogen and oxygen atoms in total. The van der Waals surface area contributed by atoms with Crippen LogP contribution >= 0.6 is 0 Å². The van der Waals surface area contributed by atoms with Crippen LogP contribution in [0.15, 0.2) is 95.3 Å². The summed E-state index contributed by atoms with van der Waals surface area (Å²) in [6, 6.07) is 19.3. The Labute approximate surface area is 189 Å². The average molecular weight is 437 g/mol. The second kappa shape index (κ2) is 8.68. The molecule has 1 saturated heterocycles. The van der Waals surface area contributed by atoms with Crippen molar-refractivity contribution in [2.24, 2.45) is 4.99 Å². The van der Waals surface area contributed by atoms with E-state index in [1.54, 1.807) is 60.9 Å². The van der Waals surface area contributed by atoms with Gasteiger partial charge in [-0.1, -0.05) is 30.3 Å². The lowest BCUT2D eigenvalue weighted by molar-refractivity contribution is -0.114. The van der Waals surface area contributed by atoms with Gasteiger partial charge in [0.2, 0.25) is 0 Å². The van der Waals surface area contributed by atoms with Crippen molar-refractivity contribution in [1.82, 2.24) is 15.4 Å². The molecule has 0 unspecified atom stereocenters. The van der Waals surface area contributed by atoms with Crippen LogP contribution < -0.4 is 10.4 Å². The summed E-state index contributed by atoms with van der Waals surface area (Å²) in [5.74, 6) is -0.771.